The molecule has 0 bridgehead atoms. The Morgan fingerprint density at radius 3 is 2.84 bits per heavy atom. The van der Waals surface area contributed by atoms with Gasteiger partial charge in [0.1, 0.15) is 6.33 Å². The Morgan fingerprint density at radius 1 is 1.58 bits per heavy atom. The van der Waals surface area contributed by atoms with Gasteiger partial charge < -0.3 is 20.1 Å². The molecule has 0 aromatic carbocycles. The largest absolute Gasteiger partial charge is 0.394 e. The van der Waals surface area contributed by atoms with Crippen LogP contribution in [0, 0.1) is 0 Å². The number of thioether (sulfide) groups is 1. The number of aromatic nitrogens is 3. The fourth-order valence-corrected chi connectivity index (χ4v) is 2.35. The van der Waals surface area contributed by atoms with Gasteiger partial charge in [0.05, 0.1) is 24.5 Å². The molecule has 0 aliphatic heterocycles. The second kappa shape index (κ2) is 5.89. The standard InChI is InChI=1S/C11H18N4O3S/c1-11(5-16,6-17)13-9(18)4-19-10-14-12-7-15(10)8-2-3-8/h7-8,16-17H,2-6H2,1H3,(H,13,18). The van der Waals surface area contributed by atoms with Crippen molar-refractivity contribution in [3.8, 4) is 0 Å². The summed E-state index contributed by atoms with van der Waals surface area (Å²) < 4.78 is 1.98. The summed E-state index contributed by atoms with van der Waals surface area (Å²) in [7, 11) is 0. The van der Waals surface area contributed by atoms with Crippen LogP contribution in [0.2, 0.25) is 0 Å². The van der Waals surface area contributed by atoms with Crippen molar-refractivity contribution in [3.63, 3.8) is 0 Å². The van der Waals surface area contributed by atoms with Crippen LogP contribution < -0.4 is 5.32 Å². The number of aliphatic hydroxyl groups is 2. The molecule has 0 atom stereocenters. The summed E-state index contributed by atoms with van der Waals surface area (Å²) >= 11 is 1.31. The molecule has 1 heterocycles. The van der Waals surface area contributed by atoms with E-state index >= 15 is 0 Å². The Bertz CT molecular complexity index is 443. The van der Waals surface area contributed by atoms with Crippen LogP contribution in [0.25, 0.3) is 0 Å². The number of rotatable bonds is 7. The van der Waals surface area contributed by atoms with Gasteiger partial charge in [-0.15, -0.1) is 10.2 Å². The maximum atomic E-state index is 11.8. The summed E-state index contributed by atoms with van der Waals surface area (Å²) in [5, 5.41) is 29.4. The Labute approximate surface area is 115 Å². The molecule has 0 saturated heterocycles. The van der Waals surface area contributed by atoms with E-state index in [2.05, 4.69) is 15.5 Å². The monoisotopic (exact) mass is 286 g/mol. The molecular weight excluding hydrogens is 268 g/mol. The van der Waals surface area contributed by atoms with Crippen LogP contribution in [0.4, 0.5) is 0 Å². The molecule has 1 saturated carbocycles. The van der Waals surface area contributed by atoms with Crippen molar-refractivity contribution in [1.29, 1.82) is 0 Å². The molecule has 3 N–H and O–H groups in total. The fraction of sp³-hybridized carbons (Fsp3) is 0.727. The van der Waals surface area contributed by atoms with E-state index in [9.17, 15) is 4.79 Å². The molecule has 1 aliphatic carbocycles. The van der Waals surface area contributed by atoms with Crippen LogP contribution in [0.1, 0.15) is 25.8 Å². The van der Waals surface area contributed by atoms with Crippen molar-refractivity contribution in [2.75, 3.05) is 19.0 Å². The molecule has 8 heteroatoms. The topological polar surface area (TPSA) is 100 Å². The highest BCUT2D eigenvalue weighted by Crippen LogP contribution is 2.37. The highest BCUT2D eigenvalue weighted by Gasteiger charge is 2.27. The van der Waals surface area contributed by atoms with Gasteiger partial charge in [0.2, 0.25) is 5.91 Å². The smallest absolute Gasteiger partial charge is 0.231 e. The predicted molar refractivity (Wildman–Crippen MR) is 69.7 cm³/mol. The van der Waals surface area contributed by atoms with Crippen LogP contribution in [0.5, 0.6) is 0 Å². The molecule has 7 nitrogen and oxygen atoms in total. The number of hydrogen-bond donors (Lipinski definition) is 3. The zero-order valence-electron chi connectivity index (χ0n) is 10.7. The molecule has 106 valence electrons. The van der Waals surface area contributed by atoms with Crippen molar-refractivity contribution < 1.29 is 15.0 Å². The summed E-state index contributed by atoms with van der Waals surface area (Å²) in [5.74, 6) is -0.0676. The highest BCUT2D eigenvalue weighted by atomic mass is 32.2. The minimum atomic E-state index is -0.984. The maximum Gasteiger partial charge on any atom is 0.231 e. The van der Waals surface area contributed by atoms with Gasteiger partial charge in [-0.2, -0.15) is 0 Å². The second-order valence-electron chi connectivity index (χ2n) is 4.97. The Kier molecular flexibility index (Phi) is 4.43. The molecular formula is C11H18N4O3S. The van der Waals surface area contributed by atoms with Crippen molar-refractivity contribution in [2.24, 2.45) is 0 Å². The normalized spacial score (nSPS) is 15.5. The quantitative estimate of drug-likeness (QED) is 0.588. The lowest BCUT2D eigenvalue weighted by molar-refractivity contribution is -0.121. The molecule has 1 aromatic rings. The third kappa shape index (κ3) is 3.68. The van der Waals surface area contributed by atoms with Crippen molar-refractivity contribution in [3.05, 3.63) is 6.33 Å². The van der Waals surface area contributed by atoms with E-state index < -0.39 is 5.54 Å². The molecule has 1 aromatic heterocycles. The summed E-state index contributed by atoms with van der Waals surface area (Å²) in [6.45, 7) is 0.971. The van der Waals surface area contributed by atoms with Gasteiger partial charge in [-0.25, -0.2) is 0 Å². The minimum absolute atomic E-state index is 0.182. The van der Waals surface area contributed by atoms with Crippen LogP contribution in [-0.4, -0.2) is 55.4 Å². The summed E-state index contributed by atoms with van der Waals surface area (Å²) in [4.78, 5) is 11.8. The summed E-state index contributed by atoms with van der Waals surface area (Å²) in [6.07, 6.45) is 3.94. The lowest BCUT2D eigenvalue weighted by Gasteiger charge is -2.25. The Hall–Kier alpha value is -1.12. The third-order valence-corrected chi connectivity index (χ3v) is 3.91. The lowest BCUT2D eigenvalue weighted by atomic mass is 10.1. The molecule has 2 rings (SSSR count). The van der Waals surface area contributed by atoms with Crippen LogP contribution >= 0.6 is 11.8 Å². The zero-order chi connectivity index (χ0) is 13.9. The van der Waals surface area contributed by atoms with E-state index in [1.807, 2.05) is 4.57 Å². The van der Waals surface area contributed by atoms with Crippen molar-refractivity contribution >= 4 is 17.7 Å². The van der Waals surface area contributed by atoms with E-state index in [1.54, 1.807) is 13.3 Å². The van der Waals surface area contributed by atoms with E-state index in [1.165, 1.54) is 11.8 Å². The maximum absolute atomic E-state index is 11.8. The van der Waals surface area contributed by atoms with Gasteiger partial charge >= 0.3 is 0 Å². The third-order valence-electron chi connectivity index (χ3n) is 2.95. The van der Waals surface area contributed by atoms with E-state index in [0.717, 1.165) is 18.0 Å². The molecule has 0 spiro atoms. The molecule has 19 heavy (non-hydrogen) atoms. The van der Waals surface area contributed by atoms with Crippen LogP contribution in [0.15, 0.2) is 11.5 Å². The number of nitrogens with one attached hydrogen (secondary N) is 1. The molecule has 0 unspecified atom stereocenters. The SMILES string of the molecule is CC(CO)(CO)NC(=O)CSc1nncn1C1CC1. The average molecular weight is 286 g/mol. The number of hydrogen-bond acceptors (Lipinski definition) is 6. The Balaban J connectivity index is 1.84. The zero-order valence-corrected chi connectivity index (χ0v) is 11.6. The van der Waals surface area contributed by atoms with E-state index in [-0.39, 0.29) is 24.9 Å². The first kappa shape index (κ1) is 14.3. The minimum Gasteiger partial charge on any atom is -0.394 e. The highest BCUT2D eigenvalue weighted by molar-refractivity contribution is 7.99. The first-order valence-electron chi connectivity index (χ1n) is 6.13. The van der Waals surface area contributed by atoms with Gasteiger partial charge in [-0.3, -0.25) is 4.79 Å². The van der Waals surface area contributed by atoms with Crippen LogP contribution in [0.3, 0.4) is 0 Å². The molecule has 1 amide bonds. The van der Waals surface area contributed by atoms with Gasteiger partial charge in [-0.05, 0) is 19.8 Å². The van der Waals surface area contributed by atoms with E-state index in [4.69, 9.17) is 10.2 Å². The average Bonchev–Trinajstić information content (AvgIpc) is 3.15. The van der Waals surface area contributed by atoms with Crippen molar-refractivity contribution in [2.45, 2.75) is 36.5 Å². The van der Waals surface area contributed by atoms with E-state index in [0.29, 0.717) is 6.04 Å². The predicted octanol–water partition coefficient (Wildman–Crippen LogP) is -0.435. The molecule has 0 radical (unpaired) electrons. The summed E-state index contributed by atoms with van der Waals surface area (Å²) in [5.41, 5.74) is -0.984. The second-order valence-corrected chi connectivity index (χ2v) is 5.91. The number of carbonyl (C=O) groups excluding carboxylic acids is 1. The lowest BCUT2D eigenvalue weighted by Crippen LogP contribution is -2.52. The fourth-order valence-electron chi connectivity index (χ4n) is 1.57. The number of nitrogens with zero attached hydrogens (tertiary/aromatic N) is 3. The molecule has 1 fully saturated rings. The first-order chi connectivity index (χ1) is 9.08. The number of amides is 1. The van der Waals surface area contributed by atoms with Gasteiger partial charge in [0, 0.05) is 6.04 Å². The van der Waals surface area contributed by atoms with Gasteiger partial charge in [0.25, 0.3) is 0 Å². The Morgan fingerprint density at radius 2 is 2.26 bits per heavy atom. The summed E-state index contributed by atoms with van der Waals surface area (Å²) in [6, 6.07) is 0.473. The van der Waals surface area contributed by atoms with Crippen LogP contribution in [-0.2, 0) is 4.79 Å². The number of aliphatic hydroxyl groups excluding tert-OH is 2. The number of carbonyl (C=O) groups is 1. The van der Waals surface area contributed by atoms with Gasteiger partial charge in [-0.1, -0.05) is 11.8 Å². The molecule has 1 aliphatic rings. The van der Waals surface area contributed by atoms with Gasteiger partial charge in [0.15, 0.2) is 5.16 Å². The first-order valence-corrected chi connectivity index (χ1v) is 7.11. The van der Waals surface area contributed by atoms with Crippen molar-refractivity contribution in [1.82, 2.24) is 20.1 Å².